The maximum atomic E-state index is 12.2. The third kappa shape index (κ3) is 32.6. The van der Waals surface area contributed by atoms with Crippen LogP contribution in [0.4, 0.5) is 0 Å². The molecule has 218 valence electrons. The van der Waals surface area contributed by atoms with Crippen LogP contribution in [-0.2, 0) is 10.0 Å². The van der Waals surface area contributed by atoms with Gasteiger partial charge in [-0.15, -0.1) is 37.2 Å². The fourth-order valence-electron chi connectivity index (χ4n) is 4.05. The molecule has 0 unspecified atom stereocenters. The van der Waals surface area contributed by atoms with E-state index in [2.05, 4.69) is 16.5 Å². The molecule has 5 N–H and O–H groups in total. The average Bonchev–Trinajstić information content (AvgIpc) is 2.78. The third-order valence-electron chi connectivity index (χ3n) is 6.10. The van der Waals surface area contributed by atoms with Gasteiger partial charge >= 0.3 is 0 Å². The van der Waals surface area contributed by atoms with Crippen molar-refractivity contribution in [2.24, 2.45) is 11.5 Å². The molecule has 0 aliphatic carbocycles. The van der Waals surface area contributed by atoms with Gasteiger partial charge in [0.2, 0.25) is 10.0 Å². The Bertz CT molecular complexity index is 481. The summed E-state index contributed by atoms with van der Waals surface area (Å²) in [5.41, 5.74) is 11.2. The molecule has 0 saturated heterocycles. The molecule has 0 saturated carbocycles. The molecule has 0 aromatic carbocycles. The lowest BCUT2D eigenvalue weighted by molar-refractivity contribution is 0.267. The minimum atomic E-state index is -3.14. The number of nitrogens with one attached hydrogen (secondary N) is 1. The van der Waals surface area contributed by atoms with E-state index in [0.717, 1.165) is 58.2 Å². The lowest BCUT2D eigenvalue weighted by Gasteiger charge is -2.21. The van der Waals surface area contributed by atoms with Crippen molar-refractivity contribution in [2.75, 3.05) is 45.0 Å². The Hall–Kier alpha value is 0.660. The molecular weight excluding hydrogens is 527 g/mol. The van der Waals surface area contributed by atoms with E-state index in [1.54, 1.807) is 0 Å². The molecular formula is C25H59Cl3N4O2S. The molecule has 0 aliphatic rings. The van der Waals surface area contributed by atoms with Crippen molar-refractivity contribution in [2.45, 2.75) is 116 Å². The summed E-state index contributed by atoms with van der Waals surface area (Å²) in [6.07, 6.45) is 20.7. The van der Waals surface area contributed by atoms with Crippen LogP contribution in [0.15, 0.2) is 0 Å². The maximum absolute atomic E-state index is 12.2. The molecule has 0 aliphatic heterocycles. The van der Waals surface area contributed by atoms with E-state index in [0.29, 0.717) is 19.6 Å². The summed E-state index contributed by atoms with van der Waals surface area (Å²) in [7, 11) is -3.14. The zero-order valence-electron chi connectivity index (χ0n) is 22.5. The van der Waals surface area contributed by atoms with Crippen LogP contribution in [0.5, 0.6) is 0 Å². The van der Waals surface area contributed by atoms with Crippen LogP contribution < -0.4 is 16.2 Å². The fourth-order valence-corrected chi connectivity index (χ4v) is 5.24. The molecule has 0 aromatic rings. The van der Waals surface area contributed by atoms with Gasteiger partial charge in [-0.05, 0) is 58.4 Å². The van der Waals surface area contributed by atoms with E-state index < -0.39 is 10.0 Å². The zero-order chi connectivity index (χ0) is 23.8. The molecule has 0 atom stereocenters. The minimum Gasteiger partial charge on any atom is -0.330 e. The van der Waals surface area contributed by atoms with Crippen LogP contribution in [-0.4, -0.2) is 58.3 Å². The van der Waals surface area contributed by atoms with Crippen molar-refractivity contribution in [1.29, 1.82) is 0 Å². The maximum Gasteiger partial charge on any atom is 0.211 e. The van der Waals surface area contributed by atoms with Gasteiger partial charge in [-0.25, -0.2) is 13.1 Å². The SMILES string of the molecule is CCCCCCCCCCCCCCCCS(=O)(=O)NCCCN(CCCN)CCCN.Cl.Cl.Cl. The first-order valence-corrected chi connectivity index (χ1v) is 15.3. The van der Waals surface area contributed by atoms with Crippen LogP contribution in [0.25, 0.3) is 0 Å². The fraction of sp³-hybridized carbons (Fsp3) is 1.00. The van der Waals surface area contributed by atoms with Gasteiger partial charge in [0.25, 0.3) is 0 Å². The van der Waals surface area contributed by atoms with Crippen LogP contribution in [0.3, 0.4) is 0 Å². The molecule has 0 amide bonds. The summed E-state index contributed by atoms with van der Waals surface area (Å²) in [6, 6.07) is 0. The molecule has 0 spiro atoms. The van der Waals surface area contributed by atoms with Gasteiger partial charge in [0.1, 0.15) is 0 Å². The number of halogens is 3. The van der Waals surface area contributed by atoms with E-state index in [4.69, 9.17) is 11.5 Å². The van der Waals surface area contributed by atoms with Crippen molar-refractivity contribution in [3.63, 3.8) is 0 Å². The van der Waals surface area contributed by atoms with E-state index in [1.807, 2.05) is 0 Å². The average molecular weight is 586 g/mol. The summed E-state index contributed by atoms with van der Waals surface area (Å²) in [5.74, 6) is 0.259. The lowest BCUT2D eigenvalue weighted by atomic mass is 10.0. The first-order chi connectivity index (χ1) is 15.6. The molecule has 0 fully saturated rings. The van der Waals surface area contributed by atoms with Crippen LogP contribution >= 0.6 is 37.2 Å². The van der Waals surface area contributed by atoms with Gasteiger partial charge in [-0.2, -0.15) is 0 Å². The molecule has 0 aromatic heterocycles. The second-order valence-electron chi connectivity index (χ2n) is 9.29. The molecule has 35 heavy (non-hydrogen) atoms. The first kappa shape index (κ1) is 42.7. The van der Waals surface area contributed by atoms with Gasteiger partial charge in [-0.1, -0.05) is 90.4 Å². The third-order valence-corrected chi connectivity index (χ3v) is 7.57. The summed E-state index contributed by atoms with van der Waals surface area (Å²) < 4.78 is 27.1. The zero-order valence-corrected chi connectivity index (χ0v) is 25.8. The van der Waals surface area contributed by atoms with E-state index in [-0.39, 0.29) is 43.0 Å². The predicted octanol–water partition coefficient (Wildman–Crippen LogP) is 6.04. The van der Waals surface area contributed by atoms with Gasteiger partial charge < -0.3 is 16.4 Å². The van der Waals surface area contributed by atoms with Crippen molar-refractivity contribution in [3.05, 3.63) is 0 Å². The lowest BCUT2D eigenvalue weighted by Crippen LogP contribution is -2.33. The number of nitrogens with zero attached hydrogens (tertiary/aromatic N) is 1. The summed E-state index contributed by atoms with van der Waals surface area (Å²) in [6.45, 7) is 6.97. The van der Waals surface area contributed by atoms with E-state index in [1.165, 1.54) is 70.6 Å². The molecule has 0 rings (SSSR count). The Morgan fingerprint density at radius 2 is 0.943 bits per heavy atom. The predicted molar refractivity (Wildman–Crippen MR) is 162 cm³/mol. The number of unbranched alkanes of at least 4 members (excludes halogenated alkanes) is 13. The highest BCUT2D eigenvalue weighted by molar-refractivity contribution is 7.89. The first-order valence-electron chi connectivity index (χ1n) is 13.7. The topological polar surface area (TPSA) is 101 Å². The highest BCUT2D eigenvalue weighted by Gasteiger charge is 2.10. The Morgan fingerprint density at radius 1 is 0.571 bits per heavy atom. The van der Waals surface area contributed by atoms with Gasteiger partial charge in [0, 0.05) is 6.54 Å². The van der Waals surface area contributed by atoms with Crippen molar-refractivity contribution >= 4 is 47.2 Å². The van der Waals surface area contributed by atoms with Crippen LogP contribution in [0, 0.1) is 0 Å². The van der Waals surface area contributed by atoms with E-state index >= 15 is 0 Å². The minimum absolute atomic E-state index is 0. The second kappa shape index (κ2) is 32.7. The van der Waals surface area contributed by atoms with Gasteiger partial charge in [0.15, 0.2) is 0 Å². The Labute approximate surface area is 237 Å². The number of hydrogen-bond acceptors (Lipinski definition) is 5. The van der Waals surface area contributed by atoms with Crippen molar-refractivity contribution in [3.8, 4) is 0 Å². The number of nitrogens with two attached hydrogens (primary N) is 2. The highest BCUT2D eigenvalue weighted by atomic mass is 35.5. The van der Waals surface area contributed by atoms with Gasteiger partial charge in [-0.3, -0.25) is 0 Å². The summed E-state index contributed by atoms with van der Waals surface area (Å²) >= 11 is 0. The second-order valence-corrected chi connectivity index (χ2v) is 11.2. The summed E-state index contributed by atoms with van der Waals surface area (Å²) in [4.78, 5) is 2.33. The molecule has 0 radical (unpaired) electrons. The standard InChI is InChI=1S/C25H56N4O2S.3ClH/c1-2-3-4-5-6-7-8-9-10-11-12-13-14-15-25-32(30,31)28-21-18-24-29(22-16-19-26)23-17-20-27;;;/h28H,2-27H2,1H3;3*1H. The van der Waals surface area contributed by atoms with Crippen LogP contribution in [0.2, 0.25) is 0 Å². The molecule has 0 bridgehead atoms. The van der Waals surface area contributed by atoms with E-state index in [9.17, 15) is 8.42 Å². The Morgan fingerprint density at radius 3 is 1.34 bits per heavy atom. The summed E-state index contributed by atoms with van der Waals surface area (Å²) in [5, 5.41) is 0. The van der Waals surface area contributed by atoms with Crippen molar-refractivity contribution in [1.82, 2.24) is 9.62 Å². The molecule has 10 heteroatoms. The van der Waals surface area contributed by atoms with Gasteiger partial charge in [0.05, 0.1) is 5.75 Å². The smallest absolute Gasteiger partial charge is 0.211 e. The Balaban J connectivity index is -0.00000160. The van der Waals surface area contributed by atoms with Crippen molar-refractivity contribution < 1.29 is 8.42 Å². The molecule has 0 heterocycles. The number of rotatable bonds is 26. The van der Waals surface area contributed by atoms with Crippen LogP contribution in [0.1, 0.15) is 116 Å². The largest absolute Gasteiger partial charge is 0.330 e. The number of sulfonamides is 1. The highest BCUT2D eigenvalue weighted by Crippen LogP contribution is 2.13. The number of hydrogen-bond donors (Lipinski definition) is 3. The monoisotopic (exact) mass is 584 g/mol. The Kier molecular flexibility index (Phi) is 39.9. The normalized spacial score (nSPS) is 11.1. The molecule has 6 nitrogen and oxygen atoms in total. The quantitative estimate of drug-likeness (QED) is 0.107.